The minimum Gasteiger partial charge on any atom is -0.465 e. The quantitative estimate of drug-likeness (QED) is 0.351. The van der Waals surface area contributed by atoms with E-state index in [-0.39, 0.29) is 38.0 Å². The molecule has 7 nitrogen and oxygen atoms in total. The van der Waals surface area contributed by atoms with Crippen molar-refractivity contribution < 1.29 is 27.5 Å². The molecule has 1 unspecified atom stereocenters. The van der Waals surface area contributed by atoms with Crippen LogP contribution in [0.25, 0.3) is 11.0 Å². The number of rotatable bonds is 3. The van der Waals surface area contributed by atoms with Crippen molar-refractivity contribution in [1.29, 1.82) is 0 Å². The van der Waals surface area contributed by atoms with E-state index in [2.05, 4.69) is 15.5 Å². The zero-order valence-corrected chi connectivity index (χ0v) is 21.5. The van der Waals surface area contributed by atoms with E-state index in [9.17, 15) is 18.0 Å². The van der Waals surface area contributed by atoms with Crippen molar-refractivity contribution in [3.8, 4) is 0 Å². The third-order valence-electron chi connectivity index (χ3n) is 4.98. The summed E-state index contributed by atoms with van der Waals surface area (Å²) < 4.78 is 48.7. The average Bonchev–Trinajstić information content (AvgIpc) is 3.46. The standard InChI is InChI=1S/C19H13Cl2F3N4O3.2C2H6/c1-28-16-13(17(29)30-2)4-3-12(15(16)25-27-28)14-8-18(31-26-14,19(22,23)24)9-5-10(20)7-11(21)6-9;2*1-2/h3-7H,8H2,1-2H3;2*1-2H3. The van der Waals surface area contributed by atoms with Gasteiger partial charge in [0.15, 0.2) is 0 Å². The Morgan fingerprint density at radius 2 is 1.71 bits per heavy atom. The molecule has 0 saturated carbocycles. The normalized spacial score (nSPS) is 16.9. The van der Waals surface area contributed by atoms with E-state index >= 15 is 0 Å². The van der Waals surface area contributed by atoms with Gasteiger partial charge in [-0.3, -0.25) is 0 Å². The second-order valence-corrected chi connectivity index (χ2v) is 7.72. The number of oxime groups is 1. The maximum absolute atomic E-state index is 14.2. The number of hydrogen-bond donors (Lipinski definition) is 0. The molecule has 35 heavy (non-hydrogen) atoms. The molecular weight excluding hydrogens is 508 g/mol. The maximum Gasteiger partial charge on any atom is 0.435 e. The predicted molar refractivity (Wildman–Crippen MR) is 129 cm³/mol. The van der Waals surface area contributed by atoms with E-state index < -0.39 is 24.2 Å². The van der Waals surface area contributed by atoms with Crippen molar-refractivity contribution in [3.63, 3.8) is 0 Å². The molecule has 0 amide bonds. The summed E-state index contributed by atoms with van der Waals surface area (Å²) in [4.78, 5) is 17.1. The molecule has 0 N–H and O–H groups in total. The number of alkyl halides is 3. The number of ether oxygens (including phenoxy) is 1. The first kappa shape index (κ1) is 28.4. The van der Waals surface area contributed by atoms with Gasteiger partial charge in [0, 0.05) is 28.2 Å². The lowest BCUT2D eigenvalue weighted by Gasteiger charge is -2.29. The Bertz CT molecular complexity index is 1220. The number of halogens is 5. The minimum atomic E-state index is -4.83. The van der Waals surface area contributed by atoms with E-state index in [4.69, 9.17) is 32.8 Å². The fourth-order valence-electron chi connectivity index (χ4n) is 3.51. The Balaban J connectivity index is 0.00000103. The van der Waals surface area contributed by atoms with Crippen molar-refractivity contribution in [2.75, 3.05) is 7.11 Å². The highest BCUT2D eigenvalue weighted by Crippen LogP contribution is 2.50. The number of esters is 1. The van der Waals surface area contributed by atoms with Crippen LogP contribution in [0.15, 0.2) is 35.5 Å². The smallest absolute Gasteiger partial charge is 0.435 e. The number of carbonyl (C=O) groups excluding carboxylic acids is 1. The molecule has 2 heterocycles. The molecule has 190 valence electrons. The topological polar surface area (TPSA) is 78.6 Å². The van der Waals surface area contributed by atoms with Crippen LogP contribution in [0.1, 0.15) is 55.6 Å². The third kappa shape index (κ3) is 5.23. The number of aromatic nitrogens is 3. The Labute approximate surface area is 210 Å². The summed E-state index contributed by atoms with van der Waals surface area (Å²) in [5.74, 6) is -0.634. The zero-order valence-electron chi connectivity index (χ0n) is 20.0. The van der Waals surface area contributed by atoms with Gasteiger partial charge in [0.25, 0.3) is 5.60 Å². The maximum atomic E-state index is 14.2. The first-order valence-corrected chi connectivity index (χ1v) is 11.5. The van der Waals surface area contributed by atoms with Crippen LogP contribution < -0.4 is 0 Å². The van der Waals surface area contributed by atoms with Crippen molar-refractivity contribution in [1.82, 2.24) is 15.0 Å². The van der Waals surface area contributed by atoms with Gasteiger partial charge in [-0.15, -0.1) is 5.10 Å². The van der Waals surface area contributed by atoms with Gasteiger partial charge in [0.1, 0.15) is 11.0 Å². The fourth-order valence-corrected chi connectivity index (χ4v) is 4.03. The average molecular weight is 533 g/mol. The van der Waals surface area contributed by atoms with Gasteiger partial charge in [-0.1, -0.05) is 61.3 Å². The number of nitrogens with zero attached hydrogens (tertiary/aromatic N) is 4. The van der Waals surface area contributed by atoms with E-state index in [0.29, 0.717) is 5.52 Å². The lowest BCUT2D eigenvalue weighted by Crippen LogP contribution is -2.42. The molecule has 1 aromatic heterocycles. The Morgan fingerprint density at radius 3 is 2.26 bits per heavy atom. The molecular formula is C23H25Cl2F3N4O3. The lowest BCUT2D eigenvalue weighted by molar-refractivity contribution is -0.275. The number of fused-ring (bicyclic) bond motifs is 1. The van der Waals surface area contributed by atoms with Crippen LogP contribution >= 0.6 is 23.2 Å². The Morgan fingerprint density at radius 1 is 1.11 bits per heavy atom. The third-order valence-corrected chi connectivity index (χ3v) is 5.42. The van der Waals surface area contributed by atoms with Crippen molar-refractivity contribution in [2.45, 2.75) is 45.9 Å². The van der Waals surface area contributed by atoms with Crippen LogP contribution in [0, 0.1) is 0 Å². The van der Waals surface area contributed by atoms with Gasteiger partial charge in [0.2, 0.25) is 0 Å². The van der Waals surface area contributed by atoms with Crippen molar-refractivity contribution in [3.05, 3.63) is 57.1 Å². The largest absolute Gasteiger partial charge is 0.465 e. The predicted octanol–water partition coefficient (Wildman–Crippen LogP) is 6.70. The molecule has 0 bridgehead atoms. The van der Waals surface area contributed by atoms with E-state index in [1.807, 2.05) is 27.7 Å². The van der Waals surface area contributed by atoms with Crippen LogP contribution in [0.2, 0.25) is 10.0 Å². The van der Waals surface area contributed by atoms with Gasteiger partial charge >= 0.3 is 12.1 Å². The van der Waals surface area contributed by atoms with E-state index in [0.717, 1.165) is 12.1 Å². The van der Waals surface area contributed by atoms with E-state index in [1.165, 1.54) is 30.0 Å². The molecule has 1 atom stereocenters. The number of hydrogen-bond acceptors (Lipinski definition) is 6. The van der Waals surface area contributed by atoms with Crippen molar-refractivity contribution >= 4 is 45.9 Å². The molecule has 0 radical (unpaired) electrons. The summed E-state index contributed by atoms with van der Waals surface area (Å²) in [7, 11) is 2.76. The number of carbonyl (C=O) groups is 1. The summed E-state index contributed by atoms with van der Waals surface area (Å²) in [6, 6.07) is 6.44. The molecule has 1 aliphatic rings. The fraction of sp³-hybridized carbons (Fsp3) is 0.391. The number of benzene rings is 2. The first-order chi connectivity index (χ1) is 16.6. The number of aryl methyl sites for hydroxylation is 1. The zero-order chi connectivity index (χ0) is 26.6. The van der Waals surface area contributed by atoms with Crippen LogP contribution in [0.4, 0.5) is 13.2 Å². The molecule has 0 fully saturated rings. The van der Waals surface area contributed by atoms with Gasteiger partial charge in [-0.2, -0.15) is 13.2 Å². The molecule has 0 spiro atoms. The Kier molecular flexibility index (Phi) is 9.13. The molecule has 2 aromatic carbocycles. The molecule has 1 aliphatic heterocycles. The summed E-state index contributed by atoms with van der Waals surface area (Å²) in [6.45, 7) is 8.00. The molecule has 0 saturated heterocycles. The van der Waals surface area contributed by atoms with E-state index in [1.54, 1.807) is 7.05 Å². The van der Waals surface area contributed by atoms with Crippen molar-refractivity contribution in [2.24, 2.45) is 12.2 Å². The molecule has 4 rings (SSSR count). The van der Waals surface area contributed by atoms with Crippen LogP contribution in [0.3, 0.4) is 0 Å². The molecule has 12 heteroatoms. The summed E-state index contributed by atoms with van der Waals surface area (Å²) in [6.07, 6.45) is -5.49. The highest BCUT2D eigenvalue weighted by molar-refractivity contribution is 6.34. The Hall–Kier alpha value is -2.85. The highest BCUT2D eigenvalue weighted by atomic mass is 35.5. The van der Waals surface area contributed by atoms with Gasteiger partial charge in [0.05, 0.1) is 24.8 Å². The summed E-state index contributed by atoms with van der Waals surface area (Å²) >= 11 is 11.9. The van der Waals surface area contributed by atoms with Gasteiger partial charge < -0.3 is 9.57 Å². The second kappa shape index (κ2) is 11.3. The SMILES string of the molecule is CC.CC.COC(=O)c1ccc(C2=NOC(c3cc(Cl)cc(Cl)c3)(C(F)(F)F)C2)c2nnn(C)c12. The summed E-state index contributed by atoms with van der Waals surface area (Å²) in [5.41, 5.74) is -2.19. The highest BCUT2D eigenvalue weighted by Gasteiger charge is 2.62. The van der Waals surface area contributed by atoms with Crippen LogP contribution in [0.5, 0.6) is 0 Å². The first-order valence-electron chi connectivity index (χ1n) is 10.8. The van der Waals surface area contributed by atoms with Gasteiger partial charge in [-0.05, 0) is 30.3 Å². The monoisotopic (exact) mass is 532 g/mol. The van der Waals surface area contributed by atoms with Crippen LogP contribution in [-0.4, -0.2) is 40.0 Å². The minimum absolute atomic E-state index is 0.0182. The van der Waals surface area contributed by atoms with Gasteiger partial charge in [-0.25, -0.2) is 9.48 Å². The van der Waals surface area contributed by atoms with Crippen LogP contribution in [-0.2, 0) is 22.2 Å². The molecule has 0 aliphatic carbocycles. The second-order valence-electron chi connectivity index (χ2n) is 6.85. The summed E-state index contributed by atoms with van der Waals surface area (Å²) in [5, 5.41) is 11.7. The number of methoxy groups -OCH3 is 1. The lowest BCUT2D eigenvalue weighted by atomic mass is 9.86. The molecule has 3 aromatic rings.